The number of ether oxygens (including phenoxy) is 2. The van der Waals surface area contributed by atoms with Crippen molar-refractivity contribution in [2.24, 2.45) is 0 Å². The Morgan fingerprint density at radius 3 is 2.57 bits per heavy atom. The van der Waals surface area contributed by atoms with Gasteiger partial charge in [-0.2, -0.15) is 0 Å². The van der Waals surface area contributed by atoms with Gasteiger partial charge in [0.25, 0.3) is 0 Å². The molecule has 0 bridgehead atoms. The van der Waals surface area contributed by atoms with Crippen molar-refractivity contribution in [2.75, 3.05) is 13.2 Å². The summed E-state index contributed by atoms with van der Waals surface area (Å²) in [5, 5.41) is 10.8. The molecule has 2 aromatic carbocycles. The minimum atomic E-state index is -0.772. The fourth-order valence-electron chi connectivity index (χ4n) is 1.64. The van der Waals surface area contributed by atoms with Crippen molar-refractivity contribution in [3.63, 3.8) is 0 Å². The first-order valence-electron chi connectivity index (χ1n) is 6.02. The normalized spacial score (nSPS) is 10.2. The van der Waals surface area contributed by atoms with Crippen LogP contribution in [0.15, 0.2) is 46.9 Å². The fraction of sp³-hybridized carbons (Fsp3) is 0.143. The summed E-state index contributed by atoms with van der Waals surface area (Å²) in [4.78, 5) is 10.1. The van der Waals surface area contributed by atoms with E-state index in [1.807, 2.05) is 12.1 Å². The summed E-state index contributed by atoms with van der Waals surface area (Å²) in [5.41, 5.74) is -0.405. The highest BCUT2D eigenvalue weighted by molar-refractivity contribution is 9.10. The molecular weight excluding hydrogens is 345 g/mol. The minimum absolute atomic E-state index is 0.00567. The lowest BCUT2D eigenvalue weighted by Crippen LogP contribution is -2.10. The van der Waals surface area contributed by atoms with Crippen molar-refractivity contribution in [2.45, 2.75) is 0 Å². The number of hydrogen-bond acceptors (Lipinski definition) is 4. The highest BCUT2D eigenvalue weighted by atomic mass is 79.9. The van der Waals surface area contributed by atoms with Crippen molar-refractivity contribution in [1.82, 2.24) is 0 Å². The van der Waals surface area contributed by atoms with E-state index in [9.17, 15) is 14.5 Å². The number of nitro groups is 1. The molecule has 0 N–H and O–H groups in total. The second-order valence-corrected chi connectivity index (χ2v) is 4.92. The van der Waals surface area contributed by atoms with Crippen LogP contribution >= 0.6 is 15.9 Å². The Morgan fingerprint density at radius 1 is 1.14 bits per heavy atom. The van der Waals surface area contributed by atoms with E-state index in [0.717, 1.165) is 10.5 Å². The van der Waals surface area contributed by atoms with Crippen molar-refractivity contribution < 1.29 is 18.8 Å². The Morgan fingerprint density at radius 2 is 1.86 bits per heavy atom. The summed E-state index contributed by atoms with van der Waals surface area (Å²) in [6.45, 7) is 0.135. The smallest absolute Gasteiger partial charge is 0.314 e. The van der Waals surface area contributed by atoms with Crippen LogP contribution in [0.25, 0.3) is 0 Å². The molecule has 0 saturated heterocycles. The predicted octanol–water partition coefficient (Wildman–Crippen LogP) is 3.95. The Bertz CT molecular complexity index is 651. The van der Waals surface area contributed by atoms with Crippen LogP contribution in [0.1, 0.15) is 0 Å². The first-order valence-corrected chi connectivity index (χ1v) is 6.81. The SMILES string of the molecule is O=[N+]([O-])c1cccc(F)c1OCCOc1cccc(Br)c1. The number of nitro benzene ring substituents is 1. The van der Waals surface area contributed by atoms with Crippen LogP contribution in [0.2, 0.25) is 0 Å². The van der Waals surface area contributed by atoms with Crippen molar-refractivity contribution >= 4 is 21.6 Å². The lowest BCUT2D eigenvalue weighted by Gasteiger charge is -2.09. The summed E-state index contributed by atoms with van der Waals surface area (Å²) < 4.78 is 24.9. The average molecular weight is 356 g/mol. The Hall–Kier alpha value is -2.15. The van der Waals surface area contributed by atoms with Crippen LogP contribution in [0.3, 0.4) is 0 Å². The highest BCUT2D eigenvalue weighted by Crippen LogP contribution is 2.29. The number of nitrogens with zero attached hydrogens (tertiary/aromatic N) is 1. The zero-order chi connectivity index (χ0) is 15.2. The number of para-hydroxylation sites is 1. The van der Waals surface area contributed by atoms with E-state index in [-0.39, 0.29) is 19.0 Å². The van der Waals surface area contributed by atoms with Crippen molar-refractivity contribution in [3.05, 3.63) is 62.9 Å². The second-order valence-electron chi connectivity index (χ2n) is 4.00. The van der Waals surface area contributed by atoms with Gasteiger partial charge >= 0.3 is 5.69 Å². The van der Waals surface area contributed by atoms with Gasteiger partial charge in [-0.25, -0.2) is 4.39 Å². The van der Waals surface area contributed by atoms with Crippen LogP contribution in [-0.4, -0.2) is 18.1 Å². The summed E-state index contributed by atoms with van der Waals surface area (Å²) in [7, 11) is 0. The molecule has 0 atom stereocenters. The van der Waals surface area contributed by atoms with E-state index in [1.54, 1.807) is 12.1 Å². The van der Waals surface area contributed by atoms with Gasteiger partial charge in [0.05, 0.1) is 4.92 Å². The van der Waals surface area contributed by atoms with Gasteiger partial charge in [0, 0.05) is 10.5 Å². The van der Waals surface area contributed by atoms with Gasteiger partial charge in [-0.15, -0.1) is 0 Å². The molecule has 110 valence electrons. The van der Waals surface area contributed by atoms with E-state index in [0.29, 0.717) is 5.75 Å². The van der Waals surface area contributed by atoms with Gasteiger partial charge < -0.3 is 9.47 Å². The second kappa shape index (κ2) is 7.03. The topological polar surface area (TPSA) is 61.6 Å². The maximum atomic E-state index is 13.5. The summed E-state index contributed by atoms with van der Waals surface area (Å²) in [6.07, 6.45) is 0. The third-order valence-electron chi connectivity index (χ3n) is 2.54. The third-order valence-corrected chi connectivity index (χ3v) is 3.03. The van der Waals surface area contributed by atoms with E-state index >= 15 is 0 Å². The largest absolute Gasteiger partial charge is 0.490 e. The maximum absolute atomic E-state index is 13.5. The number of benzene rings is 2. The quantitative estimate of drug-likeness (QED) is 0.447. The van der Waals surface area contributed by atoms with Crippen LogP contribution in [0.4, 0.5) is 10.1 Å². The molecule has 0 heterocycles. The van der Waals surface area contributed by atoms with Gasteiger partial charge in [-0.1, -0.05) is 28.1 Å². The molecule has 21 heavy (non-hydrogen) atoms. The summed E-state index contributed by atoms with van der Waals surface area (Å²) >= 11 is 3.31. The molecule has 0 aliphatic rings. The molecule has 0 aromatic heterocycles. The molecule has 0 aliphatic carbocycles. The van der Waals surface area contributed by atoms with Crippen LogP contribution in [0, 0.1) is 15.9 Å². The van der Waals surface area contributed by atoms with Crippen LogP contribution in [0.5, 0.6) is 11.5 Å². The zero-order valence-corrected chi connectivity index (χ0v) is 12.4. The third kappa shape index (κ3) is 4.16. The first-order chi connectivity index (χ1) is 10.1. The molecule has 2 aromatic rings. The Labute approximate surface area is 128 Å². The van der Waals surface area contributed by atoms with Gasteiger partial charge in [-0.3, -0.25) is 10.1 Å². The van der Waals surface area contributed by atoms with Gasteiger partial charge in [0.1, 0.15) is 19.0 Å². The molecule has 0 saturated carbocycles. The molecule has 0 fully saturated rings. The first kappa shape index (κ1) is 15.2. The molecule has 0 radical (unpaired) electrons. The standard InChI is InChI=1S/C14H11BrFNO4/c15-10-3-1-4-11(9-10)20-7-8-21-14-12(16)5-2-6-13(14)17(18)19/h1-6,9H,7-8H2. The molecule has 2 rings (SSSR count). The van der Waals surface area contributed by atoms with E-state index in [2.05, 4.69) is 15.9 Å². The number of hydrogen-bond donors (Lipinski definition) is 0. The molecule has 0 amide bonds. The van der Waals surface area contributed by atoms with Crippen LogP contribution < -0.4 is 9.47 Å². The highest BCUT2D eigenvalue weighted by Gasteiger charge is 2.19. The van der Waals surface area contributed by atoms with Crippen molar-refractivity contribution in [3.8, 4) is 11.5 Å². The summed E-state index contributed by atoms with van der Waals surface area (Å²) in [5.74, 6) is -0.525. The lowest BCUT2D eigenvalue weighted by atomic mass is 10.3. The molecule has 0 aliphatic heterocycles. The molecular formula is C14H11BrFNO4. The van der Waals surface area contributed by atoms with E-state index in [4.69, 9.17) is 9.47 Å². The van der Waals surface area contributed by atoms with Gasteiger partial charge in [0.2, 0.25) is 5.75 Å². The number of rotatable bonds is 6. The zero-order valence-electron chi connectivity index (χ0n) is 10.8. The van der Waals surface area contributed by atoms with Gasteiger partial charge in [-0.05, 0) is 24.3 Å². The lowest BCUT2D eigenvalue weighted by molar-refractivity contribution is -0.386. The maximum Gasteiger partial charge on any atom is 0.314 e. The molecule has 0 unspecified atom stereocenters. The van der Waals surface area contributed by atoms with Crippen molar-refractivity contribution in [1.29, 1.82) is 0 Å². The number of halogens is 2. The van der Waals surface area contributed by atoms with Crippen LogP contribution in [-0.2, 0) is 0 Å². The predicted molar refractivity (Wildman–Crippen MR) is 78.2 cm³/mol. The van der Waals surface area contributed by atoms with Gasteiger partial charge in [0.15, 0.2) is 5.82 Å². The molecule has 0 spiro atoms. The van der Waals surface area contributed by atoms with E-state index in [1.165, 1.54) is 12.1 Å². The molecule has 7 heteroatoms. The monoisotopic (exact) mass is 355 g/mol. The average Bonchev–Trinajstić information content (AvgIpc) is 2.44. The Balaban J connectivity index is 1.93. The minimum Gasteiger partial charge on any atom is -0.490 e. The summed E-state index contributed by atoms with van der Waals surface area (Å²) in [6, 6.07) is 10.7. The Kier molecular flexibility index (Phi) is 5.10. The fourth-order valence-corrected chi connectivity index (χ4v) is 2.02. The molecule has 5 nitrogen and oxygen atoms in total. The van der Waals surface area contributed by atoms with E-state index < -0.39 is 16.4 Å².